The molecule has 3 heterocycles. The largest absolute Gasteiger partial charge is 0.381 e. The lowest BCUT2D eigenvalue weighted by Crippen LogP contribution is -2.15. The van der Waals surface area contributed by atoms with Gasteiger partial charge in [-0.3, -0.25) is 14.5 Å². The van der Waals surface area contributed by atoms with Gasteiger partial charge in [0, 0.05) is 36.9 Å². The van der Waals surface area contributed by atoms with Crippen LogP contribution in [0.25, 0.3) is 11.0 Å². The molecule has 2 aromatic heterocycles. The Kier molecular flexibility index (Phi) is 3.89. The first-order valence-corrected chi connectivity index (χ1v) is 8.25. The highest BCUT2D eigenvalue weighted by Crippen LogP contribution is 2.25. The predicted octanol–water partition coefficient (Wildman–Crippen LogP) is 1.74. The zero-order valence-electron chi connectivity index (χ0n) is 13.8. The molecule has 1 fully saturated rings. The fourth-order valence-electron chi connectivity index (χ4n) is 3.16. The van der Waals surface area contributed by atoms with Gasteiger partial charge in [-0.25, -0.2) is 4.79 Å². The van der Waals surface area contributed by atoms with E-state index < -0.39 is 0 Å². The number of rotatable bonds is 3. The third kappa shape index (κ3) is 2.96. The quantitative estimate of drug-likeness (QED) is 0.675. The van der Waals surface area contributed by atoms with Crippen LogP contribution in [0.5, 0.6) is 0 Å². The minimum absolute atomic E-state index is 0.209. The maximum atomic E-state index is 12.4. The minimum Gasteiger partial charge on any atom is -0.381 e. The van der Waals surface area contributed by atoms with Gasteiger partial charge >= 0.3 is 5.69 Å². The summed E-state index contributed by atoms with van der Waals surface area (Å²) >= 11 is 0. The Labute approximate surface area is 143 Å². The van der Waals surface area contributed by atoms with Crippen LogP contribution in [0.2, 0.25) is 0 Å². The molecule has 25 heavy (non-hydrogen) atoms. The van der Waals surface area contributed by atoms with E-state index >= 15 is 0 Å². The van der Waals surface area contributed by atoms with Crippen LogP contribution < -0.4 is 11.0 Å². The van der Waals surface area contributed by atoms with E-state index in [0.717, 1.165) is 30.7 Å². The van der Waals surface area contributed by atoms with E-state index in [9.17, 15) is 9.59 Å². The summed E-state index contributed by atoms with van der Waals surface area (Å²) in [5.74, 6) is 0.495. The average Bonchev–Trinajstić information content (AvgIpc) is 3.20. The standard InChI is InChI=1S/C17H19N5O3/c1-22-14-5-4-10(7-13(14)18-17(22)24)16(23)19-15-8-12(20-21-15)11-3-2-6-25-9-11/h4-5,7-8,11H,2-3,6,9H2,1H3,(H,18,24)(H2,19,20,21,23). The maximum absolute atomic E-state index is 12.4. The molecule has 3 N–H and O–H groups in total. The van der Waals surface area contributed by atoms with Gasteiger partial charge in [-0.1, -0.05) is 0 Å². The van der Waals surface area contributed by atoms with Crippen molar-refractivity contribution in [1.29, 1.82) is 0 Å². The predicted molar refractivity (Wildman–Crippen MR) is 92.9 cm³/mol. The first-order valence-electron chi connectivity index (χ1n) is 8.25. The van der Waals surface area contributed by atoms with Gasteiger partial charge in [0.2, 0.25) is 0 Å². The van der Waals surface area contributed by atoms with Crippen molar-refractivity contribution in [2.24, 2.45) is 7.05 Å². The second-order valence-electron chi connectivity index (χ2n) is 6.30. The lowest BCUT2D eigenvalue weighted by atomic mass is 9.99. The molecule has 4 rings (SSSR count). The van der Waals surface area contributed by atoms with Gasteiger partial charge in [-0.2, -0.15) is 5.10 Å². The van der Waals surface area contributed by atoms with Gasteiger partial charge in [0.05, 0.1) is 17.6 Å². The lowest BCUT2D eigenvalue weighted by Gasteiger charge is -2.20. The number of nitrogens with one attached hydrogen (secondary N) is 3. The number of benzene rings is 1. The summed E-state index contributed by atoms with van der Waals surface area (Å²) in [5, 5.41) is 9.92. The van der Waals surface area contributed by atoms with Gasteiger partial charge in [-0.15, -0.1) is 0 Å². The molecule has 1 amide bonds. The summed E-state index contributed by atoms with van der Waals surface area (Å²) in [4.78, 5) is 26.8. The monoisotopic (exact) mass is 341 g/mol. The first kappa shape index (κ1) is 15.6. The number of nitrogens with zero attached hydrogens (tertiary/aromatic N) is 2. The van der Waals surface area contributed by atoms with Crippen molar-refractivity contribution in [3.8, 4) is 0 Å². The molecule has 1 aromatic carbocycles. The number of hydrogen-bond donors (Lipinski definition) is 3. The van der Waals surface area contributed by atoms with Crippen LogP contribution in [0.4, 0.5) is 5.82 Å². The van der Waals surface area contributed by atoms with Crippen molar-refractivity contribution < 1.29 is 9.53 Å². The molecule has 1 aliphatic rings. The molecule has 1 unspecified atom stereocenters. The van der Waals surface area contributed by atoms with Gasteiger partial charge in [0.1, 0.15) is 0 Å². The SMILES string of the molecule is Cn1c(=O)[nH]c2cc(C(=O)Nc3cc(C4CCCOC4)[nH]n3)ccc21. The third-order valence-electron chi connectivity index (χ3n) is 4.61. The molecule has 130 valence electrons. The lowest BCUT2D eigenvalue weighted by molar-refractivity contribution is 0.0793. The van der Waals surface area contributed by atoms with E-state index in [1.807, 2.05) is 6.07 Å². The number of hydrogen-bond acceptors (Lipinski definition) is 4. The molecule has 8 nitrogen and oxygen atoms in total. The summed E-state index contributed by atoms with van der Waals surface area (Å²) in [6, 6.07) is 6.94. The number of aryl methyl sites for hydroxylation is 1. The average molecular weight is 341 g/mol. The highest BCUT2D eigenvalue weighted by molar-refractivity contribution is 6.05. The molecular formula is C17H19N5O3. The summed E-state index contributed by atoms with van der Waals surface area (Å²) in [7, 11) is 1.68. The number of aromatic amines is 2. The van der Waals surface area contributed by atoms with Gasteiger partial charge < -0.3 is 15.0 Å². The number of aromatic nitrogens is 4. The van der Waals surface area contributed by atoms with Crippen molar-refractivity contribution in [2.75, 3.05) is 18.5 Å². The first-order chi connectivity index (χ1) is 12.1. The number of H-pyrrole nitrogens is 2. The zero-order valence-corrected chi connectivity index (χ0v) is 13.8. The summed E-state index contributed by atoms with van der Waals surface area (Å²) in [6.45, 7) is 1.48. The second-order valence-corrected chi connectivity index (χ2v) is 6.30. The van der Waals surface area contributed by atoms with Crippen LogP contribution in [0.3, 0.4) is 0 Å². The van der Waals surface area contributed by atoms with E-state index in [1.54, 1.807) is 25.2 Å². The number of amides is 1. The van der Waals surface area contributed by atoms with Crippen molar-refractivity contribution >= 4 is 22.8 Å². The Morgan fingerprint density at radius 3 is 3.08 bits per heavy atom. The van der Waals surface area contributed by atoms with Gasteiger partial charge in [0.15, 0.2) is 5.82 Å². The Bertz CT molecular complexity index is 978. The molecule has 0 spiro atoms. The number of fused-ring (bicyclic) bond motifs is 1. The molecular weight excluding hydrogens is 322 g/mol. The summed E-state index contributed by atoms with van der Waals surface area (Å²) in [6.07, 6.45) is 2.08. The van der Waals surface area contributed by atoms with E-state index in [2.05, 4.69) is 20.5 Å². The third-order valence-corrected chi connectivity index (χ3v) is 4.61. The molecule has 0 radical (unpaired) electrons. The number of carbonyl (C=O) groups excluding carboxylic acids is 1. The number of ether oxygens (including phenoxy) is 1. The number of anilines is 1. The van der Waals surface area contributed by atoms with Gasteiger partial charge in [0.25, 0.3) is 5.91 Å². The number of imidazole rings is 1. The number of carbonyl (C=O) groups is 1. The van der Waals surface area contributed by atoms with Crippen molar-refractivity contribution in [1.82, 2.24) is 19.7 Å². The van der Waals surface area contributed by atoms with E-state index in [-0.39, 0.29) is 17.5 Å². The topological polar surface area (TPSA) is 105 Å². The maximum Gasteiger partial charge on any atom is 0.326 e. The van der Waals surface area contributed by atoms with Crippen molar-refractivity contribution in [3.05, 3.63) is 46.0 Å². The van der Waals surface area contributed by atoms with Crippen LogP contribution in [-0.4, -0.2) is 38.9 Å². The summed E-state index contributed by atoms with van der Waals surface area (Å²) < 4.78 is 6.99. The Morgan fingerprint density at radius 1 is 1.40 bits per heavy atom. The normalized spacial score (nSPS) is 17.7. The summed E-state index contributed by atoms with van der Waals surface area (Å²) in [5.41, 5.74) is 2.60. The molecule has 1 saturated heterocycles. The van der Waals surface area contributed by atoms with Crippen molar-refractivity contribution in [3.63, 3.8) is 0 Å². The van der Waals surface area contributed by atoms with Crippen LogP contribution in [-0.2, 0) is 11.8 Å². The molecule has 0 saturated carbocycles. The highest BCUT2D eigenvalue weighted by Gasteiger charge is 2.19. The smallest absolute Gasteiger partial charge is 0.326 e. The minimum atomic E-state index is -0.274. The molecule has 0 aliphatic carbocycles. The molecule has 3 aromatic rings. The Hall–Kier alpha value is -2.87. The Balaban J connectivity index is 1.52. The molecule has 0 bridgehead atoms. The van der Waals surface area contributed by atoms with Gasteiger partial charge in [-0.05, 0) is 31.0 Å². The fourth-order valence-corrected chi connectivity index (χ4v) is 3.16. The van der Waals surface area contributed by atoms with E-state index in [0.29, 0.717) is 23.5 Å². The van der Waals surface area contributed by atoms with Crippen molar-refractivity contribution in [2.45, 2.75) is 18.8 Å². The van der Waals surface area contributed by atoms with Crippen LogP contribution in [0.1, 0.15) is 34.8 Å². The molecule has 1 atom stereocenters. The fraction of sp³-hybridized carbons (Fsp3) is 0.353. The van der Waals surface area contributed by atoms with Crippen LogP contribution in [0.15, 0.2) is 29.1 Å². The molecule has 8 heteroatoms. The zero-order chi connectivity index (χ0) is 17.4. The van der Waals surface area contributed by atoms with E-state index in [4.69, 9.17) is 4.74 Å². The second kappa shape index (κ2) is 6.21. The van der Waals surface area contributed by atoms with Crippen LogP contribution in [0, 0.1) is 0 Å². The molecule has 1 aliphatic heterocycles. The van der Waals surface area contributed by atoms with E-state index in [1.165, 1.54) is 4.57 Å². The Morgan fingerprint density at radius 2 is 2.28 bits per heavy atom. The highest BCUT2D eigenvalue weighted by atomic mass is 16.5. The van der Waals surface area contributed by atoms with Crippen LogP contribution >= 0.6 is 0 Å².